The summed E-state index contributed by atoms with van der Waals surface area (Å²) >= 11 is 0. The largest absolute Gasteiger partial charge is 0.324 e. The Kier molecular flexibility index (Phi) is 4.63. The minimum Gasteiger partial charge on any atom is -0.324 e. The lowest BCUT2D eigenvalue weighted by molar-refractivity contribution is -0.117. The molecule has 0 aromatic heterocycles. The second-order valence-corrected chi connectivity index (χ2v) is 4.64. The average Bonchev–Trinajstić information content (AvgIpc) is 2.23. The standard InChI is InChI=1S/C13H19FN2O/c1-8(2)7-11(15)13(17)16-12-6-4-5-10(14)9(12)3/h4-6,8,11H,7,15H2,1-3H3,(H,16,17). The Labute approximate surface area is 101 Å². The smallest absolute Gasteiger partial charge is 0.241 e. The Hall–Kier alpha value is -1.42. The monoisotopic (exact) mass is 238 g/mol. The highest BCUT2D eigenvalue weighted by Gasteiger charge is 2.16. The molecule has 0 aliphatic heterocycles. The molecule has 0 saturated carbocycles. The predicted molar refractivity (Wildman–Crippen MR) is 67.2 cm³/mol. The maximum absolute atomic E-state index is 13.3. The number of halogens is 1. The number of hydrogen-bond donors (Lipinski definition) is 2. The molecular weight excluding hydrogens is 219 g/mol. The maximum atomic E-state index is 13.3. The van der Waals surface area contributed by atoms with E-state index in [1.807, 2.05) is 13.8 Å². The molecule has 0 aliphatic carbocycles. The molecule has 1 aromatic rings. The normalized spacial score (nSPS) is 12.6. The Bertz CT molecular complexity index is 404. The highest BCUT2D eigenvalue weighted by atomic mass is 19.1. The molecule has 0 radical (unpaired) electrons. The van der Waals surface area contributed by atoms with Crippen molar-refractivity contribution in [3.05, 3.63) is 29.6 Å². The van der Waals surface area contributed by atoms with E-state index in [-0.39, 0.29) is 11.7 Å². The van der Waals surface area contributed by atoms with Gasteiger partial charge in [0.2, 0.25) is 5.91 Å². The fraction of sp³-hybridized carbons (Fsp3) is 0.462. The van der Waals surface area contributed by atoms with Crippen LogP contribution < -0.4 is 11.1 Å². The molecule has 0 spiro atoms. The number of hydrogen-bond acceptors (Lipinski definition) is 2. The van der Waals surface area contributed by atoms with E-state index >= 15 is 0 Å². The molecule has 17 heavy (non-hydrogen) atoms. The number of amides is 1. The summed E-state index contributed by atoms with van der Waals surface area (Å²) < 4.78 is 13.3. The van der Waals surface area contributed by atoms with Gasteiger partial charge < -0.3 is 11.1 Å². The zero-order chi connectivity index (χ0) is 13.0. The van der Waals surface area contributed by atoms with Gasteiger partial charge in [-0.2, -0.15) is 0 Å². The molecule has 1 atom stereocenters. The fourth-order valence-corrected chi connectivity index (χ4v) is 1.58. The van der Waals surface area contributed by atoms with Gasteiger partial charge in [-0.15, -0.1) is 0 Å². The number of nitrogens with two attached hydrogens (primary N) is 1. The summed E-state index contributed by atoms with van der Waals surface area (Å²) in [7, 11) is 0. The Balaban J connectivity index is 2.71. The van der Waals surface area contributed by atoms with Gasteiger partial charge in [0.1, 0.15) is 5.82 Å². The van der Waals surface area contributed by atoms with E-state index in [9.17, 15) is 9.18 Å². The van der Waals surface area contributed by atoms with E-state index in [1.54, 1.807) is 19.1 Å². The number of anilines is 1. The third kappa shape index (κ3) is 3.82. The summed E-state index contributed by atoms with van der Waals surface area (Å²) in [5.74, 6) is -0.253. The van der Waals surface area contributed by atoms with Gasteiger partial charge in [0.15, 0.2) is 0 Å². The van der Waals surface area contributed by atoms with Crippen LogP contribution in [-0.4, -0.2) is 11.9 Å². The van der Waals surface area contributed by atoms with E-state index in [1.165, 1.54) is 6.07 Å². The van der Waals surface area contributed by atoms with Crippen LogP contribution in [0.15, 0.2) is 18.2 Å². The SMILES string of the molecule is Cc1c(F)cccc1NC(=O)C(N)CC(C)C. The third-order valence-corrected chi connectivity index (χ3v) is 2.59. The molecule has 4 heteroatoms. The van der Waals surface area contributed by atoms with Crippen molar-refractivity contribution in [2.75, 3.05) is 5.32 Å². The van der Waals surface area contributed by atoms with E-state index in [0.717, 1.165) is 0 Å². The van der Waals surface area contributed by atoms with Gasteiger partial charge >= 0.3 is 0 Å². The summed E-state index contributed by atoms with van der Waals surface area (Å²) in [5.41, 5.74) is 6.66. The average molecular weight is 238 g/mol. The maximum Gasteiger partial charge on any atom is 0.241 e. The molecule has 3 nitrogen and oxygen atoms in total. The summed E-state index contributed by atoms with van der Waals surface area (Å²) in [5, 5.41) is 2.65. The lowest BCUT2D eigenvalue weighted by atomic mass is 10.0. The summed E-state index contributed by atoms with van der Waals surface area (Å²) in [6, 6.07) is 4.03. The van der Waals surface area contributed by atoms with Gasteiger partial charge in [0.05, 0.1) is 6.04 Å². The van der Waals surface area contributed by atoms with Gasteiger partial charge in [0, 0.05) is 11.3 Å². The molecule has 3 N–H and O–H groups in total. The second-order valence-electron chi connectivity index (χ2n) is 4.64. The molecule has 0 fully saturated rings. The third-order valence-electron chi connectivity index (χ3n) is 2.59. The Morgan fingerprint density at radius 3 is 2.71 bits per heavy atom. The van der Waals surface area contributed by atoms with Crippen molar-refractivity contribution in [3.63, 3.8) is 0 Å². The van der Waals surface area contributed by atoms with Crippen molar-refractivity contribution in [1.82, 2.24) is 0 Å². The van der Waals surface area contributed by atoms with Crippen molar-refractivity contribution in [1.29, 1.82) is 0 Å². The van der Waals surface area contributed by atoms with E-state index in [4.69, 9.17) is 5.73 Å². The van der Waals surface area contributed by atoms with Gasteiger partial charge in [-0.05, 0) is 31.4 Å². The molecule has 1 rings (SSSR count). The fourth-order valence-electron chi connectivity index (χ4n) is 1.58. The van der Waals surface area contributed by atoms with Gasteiger partial charge in [-0.3, -0.25) is 4.79 Å². The highest BCUT2D eigenvalue weighted by Crippen LogP contribution is 2.17. The van der Waals surface area contributed by atoms with Crippen LogP contribution in [0.1, 0.15) is 25.8 Å². The molecule has 1 aromatic carbocycles. The zero-order valence-electron chi connectivity index (χ0n) is 10.5. The lowest BCUT2D eigenvalue weighted by Gasteiger charge is -2.15. The van der Waals surface area contributed by atoms with Crippen LogP contribution in [0.3, 0.4) is 0 Å². The van der Waals surface area contributed by atoms with Crippen molar-refractivity contribution >= 4 is 11.6 Å². The molecule has 0 saturated heterocycles. The number of benzene rings is 1. The molecule has 0 bridgehead atoms. The van der Waals surface area contributed by atoms with Crippen LogP contribution in [0.5, 0.6) is 0 Å². The van der Waals surface area contributed by atoms with E-state index in [2.05, 4.69) is 5.32 Å². The predicted octanol–water partition coefficient (Wildman–Crippen LogP) is 2.45. The molecule has 94 valence electrons. The summed E-state index contributed by atoms with van der Waals surface area (Å²) in [6.07, 6.45) is 0.611. The molecule has 0 aliphatic rings. The number of rotatable bonds is 4. The Morgan fingerprint density at radius 2 is 2.12 bits per heavy atom. The number of carbonyl (C=O) groups is 1. The number of nitrogens with one attached hydrogen (secondary N) is 1. The Morgan fingerprint density at radius 1 is 1.47 bits per heavy atom. The molecule has 1 unspecified atom stereocenters. The first kappa shape index (κ1) is 13.6. The van der Waals surface area contributed by atoms with Crippen LogP contribution >= 0.6 is 0 Å². The van der Waals surface area contributed by atoms with Crippen LogP contribution in [0, 0.1) is 18.7 Å². The van der Waals surface area contributed by atoms with E-state index < -0.39 is 6.04 Å². The first-order chi connectivity index (χ1) is 7.91. The van der Waals surface area contributed by atoms with Crippen LogP contribution in [-0.2, 0) is 4.79 Å². The van der Waals surface area contributed by atoms with Gasteiger partial charge in [-0.1, -0.05) is 19.9 Å². The zero-order valence-corrected chi connectivity index (χ0v) is 10.5. The highest BCUT2D eigenvalue weighted by molar-refractivity contribution is 5.95. The molecular formula is C13H19FN2O. The van der Waals surface area contributed by atoms with Crippen molar-refractivity contribution in [2.24, 2.45) is 11.7 Å². The van der Waals surface area contributed by atoms with E-state index in [0.29, 0.717) is 23.6 Å². The van der Waals surface area contributed by atoms with Crippen molar-refractivity contribution < 1.29 is 9.18 Å². The van der Waals surface area contributed by atoms with Crippen LogP contribution in [0.4, 0.5) is 10.1 Å². The molecule has 0 heterocycles. The van der Waals surface area contributed by atoms with Gasteiger partial charge in [0.25, 0.3) is 0 Å². The first-order valence-electron chi connectivity index (χ1n) is 5.73. The minimum absolute atomic E-state index is 0.271. The van der Waals surface area contributed by atoms with Crippen LogP contribution in [0.25, 0.3) is 0 Å². The van der Waals surface area contributed by atoms with Crippen molar-refractivity contribution in [3.8, 4) is 0 Å². The summed E-state index contributed by atoms with van der Waals surface area (Å²) in [6.45, 7) is 5.63. The van der Waals surface area contributed by atoms with Gasteiger partial charge in [-0.25, -0.2) is 4.39 Å². The first-order valence-corrected chi connectivity index (χ1v) is 5.73. The quantitative estimate of drug-likeness (QED) is 0.846. The van der Waals surface area contributed by atoms with Crippen LogP contribution in [0.2, 0.25) is 0 Å². The van der Waals surface area contributed by atoms with Crippen molar-refractivity contribution in [2.45, 2.75) is 33.2 Å². The molecule has 1 amide bonds. The topological polar surface area (TPSA) is 55.1 Å². The summed E-state index contributed by atoms with van der Waals surface area (Å²) in [4.78, 5) is 11.8. The number of carbonyl (C=O) groups excluding carboxylic acids is 1. The second kappa shape index (κ2) is 5.77. The minimum atomic E-state index is -0.558. The lowest BCUT2D eigenvalue weighted by Crippen LogP contribution is -2.36.